The lowest BCUT2D eigenvalue weighted by Crippen LogP contribution is -3.00. The van der Waals surface area contributed by atoms with E-state index in [4.69, 9.17) is 5.73 Å². The predicted octanol–water partition coefficient (Wildman–Crippen LogP) is 2.09. The summed E-state index contributed by atoms with van der Waals surface area (Å²) >= 11 is 0. The molecule has 0 saturated heterocycles. The summed E-state index contributed by atoms with van der Waals surface area (Å²) in [5.74, 6) is 0.673. The summed E-state index contributed by atoms with van der Waals surface area (Å²) < 4.78 is 18.1. The molecule has 2 unspecified atom stereocenters. The van der Waals surface area contributed by atoms with Crippen LogP contribution in [0.4, 0.5) is 4.39 Å². The Morgan fingerprint density at radius 2 is 1.64 bits per heavy atom. The van der Waals surface area contributed by atoms with Crippen LogP contribution in [-0.2, 0) is 16.8 Å². The quantitative estimate of drug-likeness (QED) is 0.354. The van der Waals surface area contributed by atoms with Crippen LogP contribution in [-0.4, -0.2) is 10.5 Å². The molecule has 1 saturated carbocycles. The summed E-state index contributed by atoms with van der Waals surface area (Å²) in [5.41, 5.74) is 8.21. The molecule has 3 aromatic carbocycles. The monoisotopic (exact) mass is 547 g/mol. The van der Waals surface area contributed by atoms with Crippen molar-refractivity contribution < 1.29 is 30.7 Å². The zero-order chi connectivity index (χ0) is 24.4. The molecule has 5 rings (SSSR count). The Labute approximate surface area is 222 Å². The Hall–Kier alpha value is -3.25. The van der Waals surface area contributed by atoms with E-state index in [2.05, 4.69) is 28.5 Å². The van der Waals surface area contributed by atoms with Crippen molar-refractivity contribution in [1.82, 2.24) is 4.57 Å². The maximum Gasteiger partial charge on any atom is 0.253 e. The van der Waals surface area contributed by atoms with Gasteiger partial charge in [0.15, 0.2) is 0 Å². The molecule has 1 aliphatic rings. The highest BCUT2D eigenvalue weighted by Crippen LogP contribution is 2.49. The number of rotatable bonds is 7. The minimum atomic E-state index is -0.879. The Kier molecular flexibility index (Phi) is 7.74. The van der Waals surface area contributed by atoms with Gasteiger partial charge in [0.05, 0.1) is 0 Å². The fourth-order valence-electron chi connectivity index (χ4n) is 6.03. The van der Waals surface area contributed by atoms with Gasteiger partial charge in [-0.3, -0.25) is 4.79 Å². The fraction of sp³-hybridized carbons (Fsp3) is 0.267. The summed E-state index contributed by atoms with van der Waals surface area (Å²) in [6, 6.07) is 27.0. The first-order valence-electron chi connectivity index (χ1n) is 12.2. The zero-order valence-corrected chi connectivity index (χ0v) is 21.9. The highest BCUT2D eigenvalue weighted by molar-refractivity contribution is 5.91. The van der Waals surface area contributed by atoms with Crippen LogP contribution in [0.25, 0.3) is 0 Å². The van der Waals surface area contributed by atoms with E-state index >= 15 is 0 Å². The maximum absolute atomic E-state index is 13.7. The highest BCUT2D eigenvalue weighted by atomic mass is 79.9. The van der Waals surface area contributed by atoms with Gasteiger partial charge in [0.1, 0.15) is 36.2 Å². The maximum atomic E-state index is 13.7. The highest BCUT2D eigenvalue weighted by Gasteiger charge is 2.51. The largest absolute Gasteiger partial charge is 1.00 e. The minimum Gasteiger partial charge on any atom is -1.00 e. The number of carbonyl (C=O) groups excluding carboxylic acids is 1. The number of aromatic nitrogens is 2. The number of carbonyl (C=O) groups is 1. The van der Waals surface area contributed by atoms with Crippen molar-refractivity contribution in [2.45, 2.75) is 44.2 Å². The Bertz CT molecular complexity index is 1280. The molecule has 1 aliphatic carbocycles. The first-order valence-corrected chi connectivity index (χ1v) is 12.2. The van der Waals surface area contributed by atoms with Gasteiger partial charge in [-0.2, -0.15) is 0 Å². The van der Waals surface area contributed by atoms with Crippen molar-refractivity contribution in [3.63, 3.8) is 0 Å². The lowest BCUT2D eigenvalue weighted by atomic mass is 9.64. The molecule has 186 valence electrons. The van der Waals surface area contributed by atoms with Gasteiger partial charge in [0, 0.05) is 6.92 Å². The molecule has 1 fully saturated rings. The van der Waals surface area contributed by atoms with Gasteiger partial charge < -0.3 is 22.7 Å². The Balaban J connectivity index is 0.00000304. The van der Waals surface area contributed by atoms with Crippen LogP contribution in [0.15, 0.2) is 97.3 Å². The van der Waals surface area contributed by atoms with E-state index in [9.17, 15) is 9.18 Å². The van der Waals surface area contributed by atoms with Gasteiger partial charge >= 0.3 is 0 Å². The number of amides is 1. The van der Waals surface area contributed by atoms with Crippen molar-refractivity contribution in [1.29, 1.82) is 0 Å². The number of nitrogens with two attached hydrogens (primary N) is 1. The van der Waals surface area contributed by atoms with Crippen LogP contribution in [0, 0.1) is 18.7 Å². The topological polar surface area (TPSA) is 51.9 Å². The zero-order valence-electron chi connectivity index (χ0n) is 20.4. The molecule has 0 bridgehead atoms. The summed E-state index contributed by atoms with van der Waals surface area (Å²) in [5, 5.41) is 0. The molecule has 0 aliphatic heterocycles. The average Bonchev–Trinajstić information content (AvgIpc) is 3.48. The Morgan fingerprint density at radius 3 is 2.22 bits per heavy atom. The molecule has 1 aromatic heterocycles. The lowest BCUT2D eigenvalue weighted by molar-refractivity contribution is -0.694. The van der Waals surface area contributed by atoms with Crippen LogP contribution in [0.1, 0.15) is 47.8 Å². The molecular weight excluding hydrogens is 517 g/mol. The molecular formula is C30H31BrFN3O. The van der Waals surface area contributed by atoms with Gasteiger partial charge in [-0.15, -0.1) is 0 Å². The van der Waals surface area contributed by atoms with Crippen LogP contribution < -0.4 is 27.3 Å². The van der Waals surface area contributed by atoms with E-state index in [1.807, 2.05) is 66.7 Å². The van der Waals surface area contributed by atoms with Crippen molar-refractivity contribution in [3.8, 4) is 0 Å². The van der Waals surface area contributed by atoms with Gasteiger partial charge in [-0.1, -0.05) is 72.8 Å². The molecule has 1 amide bonds. The van der Waals surface area contributed by atoms with E-state index in [0.29, 0.717) is 6.54 Å². The number of benzene rings is 3. The molecule has 4 nitrogen and oxygen atoms in total. The number of halogens is 2. The van der Waals surface area contributed by atoms with Gasteiger partial charge in [0.25, 0.3) is 5.82 Å². The van der Waals surface area contributed by atoms with E-state index < -0.39 is 5.41 Å². The van der Waals surface area contributed by atoms with E-state index in [0.717, 1.165) is 41.8 Å². The minimum absolute atomic E-state index is 0. The standard InChI is InChI=1S/C30H30FN3O.BrH/c1-22-33(21-23-9-8-14-27(31)19-23)17-18-34(22)28-16-15-26(20-28)30(29(32)35,24-10-4-2-5-11-24)25-12-6-3-7-13-25;/h2-14,17-19,26,28H,15-16,20-21H2,1H3,(H-,32,35);1H. The fourth-order valence-corrected chi connectivity index (χ4v) is 6.03. The first-order chi connectivity index (χ1) is 17.0. The van der Waals surface area contributed by atoms with Crippen LogP contribution in [0.2, 0.25) is 0 Å². The summed E-state index contributed by atoms with van der Waals surface area (Å²) in [4.78, 5) is 13.3. The Morgan fingerprint density at radius 1 is 1.00 bits per heavy atom. The molecule has 4 aromatic rings. The second-order valence-corrected chi connectivity index (χ2v) is 9.58. The van der Waals surface area contributed by atoms with Crippen LogP contribution in [0.5, 0.6) is 0 Å². The van der Waals surface area contributed by atoms with Crippen LogP contribution >= 0.6 is 0 Å². The van der Waals surface area contributed by atoms with Gasteiger partial charge in [-0.25, -0.2) is 13.5 Å². The van der Waals surface area contributed by atoms with Crippen molar-refractivity contribution >= 4 is 5.91 Å². The second-order valence-electron chi connectivity index (χ2n) is 9.58. The molecule has 36 heavy (non-hydrogen) atoms. The molecule has 2 atom stereocenters. The van der Waals surface area contributed by atoms with Crippen molar-refractivity contribution in [2.75, 3.05) is 0 Å². The van der Waals surface area contributed by atoms with E-state index in [-0.39, 0.29) is 40.7 Å². The summed E-state index contributed by atoms with van der Waals surface area (Å²) in [6.45, 7) is 2.72. The number of imidazole rings is 1. The lowest BCUT2D eigenvalue weighted by Gasteiger charge is -2.37. The van der Waals surface area contributed by atoms with Crippen molar-refractivity contribution in [2.24, 2.45) is 11.7 Å². The number of hydrogen-bond acceptors (Lipinski definition) is 1. The summed E-state index contributed by atoms with van der Waals surface area (Å²) in [7, 11) is 0. The molecule has 2 N–H and O–H groups in total. The van der Waals surface area contributed by atoms with E-state index in [1.54, 1.807) is 12.1 Å². The second kappa shape index (κ2) is 10.8. The van der Waals surface area contributed by atoms with Crippen LogP contribution in [0.3, 0.4) is 0 Å². The first kappa shape index (κ1) is 25.8. The van der Waals surface area contributed by atoms with Gasteiger partial charge in [0.2, 0.25) is 5.91 Å². The number of hydrogen-bond donors (Lipinski definition) is 1. The van der Waals surface area contributed by atoms with Gasteiger partial charge in [-0.05, 0) is 54.0 Å². The molecule has 1 heterocycles. The average molecular weight is 549 g/mol. The molecule has 0 radical (unpaired) electrons. The SMILES string of the molecule is Cc1n(C2CCC(C(C(N)=O)(c3ccccc3)c3ccccc3)C2)cc[n+]1Cc1cccc(F)c1.[Br-]. The van der Waals surface area contributed by atoms with Crippen molar-refractivity contribution in [3.05, 3.63) is 126 Å². The third kappa shape index (κ3) is 4.62. The smallest absolute Gasteiger partial charge is 0.253 e. The summed E-state index contributed by atoms with van der Waals surface area (Å²) in [6.07, 6.45) is 6.89. The number of primary amides is 1. The third-order valence-electron chi connectivity index (χ3n) is 7.70. The molecule has 6 heteroatoms. The molecule has 0 spiro atoms. The van der Waals surface area contributed by atoms with E-state index in [1.165, 1.54) is 6.07 Å². The number of nitrogens with zero attached hydrogens (tertiary/aromatic N) is 2. The third-order valence-corrected chi connectivity index (χ3v) is 7.70. The predicted molar refractivity (Wildman–Crippen MR) is 134 cm³/mol. The normalized spacial score (nSPS) is 17.5.